The predicted molar refractivity (Wildman–Crippen MR) is 109 cm³/mol. The summed E-state index contributed by atoms with van der Waals surface area (Å²) >= 11 is 6.10. The van der Waals surface area contributed by atoms with E-state index in [4.69, 9.17) is 16.3 Å². The highest BCUT2D eigenvalue weighted by atomic mass is 35.5. The Morgan fingerprint density at radius 1 is 1.21 bits per heavy atom. The van der Waals surface area contributed by atoms with Crippen LogP contribution in [-0.2, 0) is 14.8 Å². The summed E-state index contributed by atoms with van der Waals surface area (Å²) in [5.41, 5.74) is 0. The Morgan fingerprint density at radius 3 is 2.64 bits per heavy atom. The molecule has 1 heterocycles. The fourth-order valence-corrected chi connectivity index (χ4v) is 6.04. The van der Waals surface area contributed by atoms with E-state index in [9.17, 15) is 13.2 Å². The van der Waals surface area contributed by atoms with Gasteiger partial charge in [0, 0.05) is 19.1 Å². The van der Waals surface area contributed by atoms with Gasteiger partial charge in [0.05, 0.1) is 22.9 Å². The van der Waals surface area contributed by atoms with Crippen molar-refractivity contribution in [1.82, 2.24) is 9.62 Å². The number of amides is 1. The van der Waals surface area contributed by atoms with Crippen LogP contribution in [0.15, 0.2) is 23.1 Å². The summed E-state index contributed by atoms with van der Waals surface area (Å²) in [5, 5.41) is 3.43. The average molecular weight is 429 g/mol. The average Bonchev–Trinajstić information content (AvgIpc) is 2.69. The third-order valence-electron chi connectivity index (χ3n) is 5.96. The van der Waals surface area contributed by atoms with Gasteiger partial charge in [0.2, 0.25) is 15.9 Å². The zero-order valence-corrected chi connectivity index (χ0v) is 18.1. The molecule has 8 heteroatoms. The molecule has 0 unspecified atom stereocenters. The van der Waals surface area contributed by atoms with Gasteiger partial charge < -0.3 is 10.1 Å². The molecular formula is C20H29ClN2O4S. The summed E-state index contributed by atoms with van der Waals surface area (Å²) in [5.74, 6) is 0.568. The van der Waals surface area contributed by atoms with Gasteiger partial charge in [-0.25, -0.2) is 8.42 Å². The van der Waals surface area contributed by atoms with E-state index in [1.54, 1.807) is 6.07 Å². The van der Waals surface area contributed by atoms with Crippen LogP contribution in [-0.4, -0.2) is 44.9 Å². The van der Waals surface area contributed by atoms with Crippen LogP contribution >= 0.6 is 11.6 Å². The smallest absolute Gasteiger partial charge is 0.243 e. The molecule has 0 radical (unpaired) electrons. The molecule has 1 amide bonds. The Balaban J connectivity index is 1.69. The Morgan fingerprint density at radius 2 is 1.96 bits per heavy atom. The molecule has 6 nitrogen and oxygen atoms in total. The van der Waals surface area contributed by atoms with Crippen molar-refractivity contribution in [3.8, 4) is 5.75 Å². The quantitative estimate of drug-likeness (QED) is 0.779. The second-order valence-electron chi connectivity index (χ2n) is 7.88. The molecule has 2 fully saturated rings. The maximum Gasteiger partial charge on any atom is 0.243 e. The van der Waals surface area contributed by atoms with Crippen molar-refractivity contribution in [2.75, 3.05) is 20.2 Å². The van der Waals surface area contributed by atoms with Crippen molar-refractivity contribution in [2.45, 2.75) is 56.4 Å². The Labute approximate surface area is 172 Å². The monoisotopic (exact) mass is 428 g/mol. The fraction of sp³-hybridized carbons (Fsp3) is 0.650. The number of ether oxygens (including phenoxy) is 1. The summed E-state index contributed by atoms with van der Waals surface area (Å²) in [4.78, 5) is 12.9. The van der Waals surface area contributed by atoms with Gasteiger partial charge in [-0.2, -0.15) is 4.31 Å². The first-order valence-corrected chi connectivity index (χ1v) is 11.8. The standard InChI is InChI=1S/C20H29ClN2O4S/c1-14-6-3-4-8-18(14)22-20(24)15-7-5-11-23(13-15)28(25,26)16-9-10-19(27-2)17(21)12-16/h9-10,12,14-15,18H,3-8,11,13H2,1-2H3,(H,22,24)/t14-,15+,18+/m0/s1. The van der Waals surface area contributed by atoms with Crippen molar-refractivity contribution in [1.29, 1.82) is 0 Å². The molecule has 28 heavy (non-hydrogen) atoms. The number of benzene rings is 1. The van der Waals surface area contributed by atoms with Crippen LogP contribution < -0.4 is 10.1 Å². The molecule has 1 N–H and O–H groups in total. The van der Waals surface area contributed by atoms with E-state index in [-0.39, 0.29) is 34.3 Å². The van der Waals surface area contributed by atoms with Gasteiger partial charge in [0.15, 0.2) is 0 Å². The van der Waals surface area contributed by atoms with E-state index < -0.39 is 10.0 Å². The Bertz CT molecular complexity index is 814. The summed E-state index contributed by atoms with van der Waals surface area (Å²) in [6, 6.07) is 4.65. The minimum atomic E-state index is -3.71. The van der Waals surface area contributed by atoms with Gasteiger partial charge in [-0.3, -0.25) is 4.79 Å². The second kappa shape index (κ2) is 9.01. The Kier molecular flexibility index (Phi) is 6.89. The van der Waals surface area contributed by atoms with Crippen molar-refractivity contribution in [3.63, 3.8) is 0 Å². The lowest BCUT2D eigenvalue weighted by molar-refractivity contribution is -0.127. The SMILES string of the molecule is COc1ccc(S(=O)(=O)N2CCC[C@@H](C(=O)N[C@@H]3CCCC[C@@H]3C)C2)cc1Cl. The summed E-state index contributed by atoms with van der Waals surface area (Å²) in [6.45, 7) is 2.80. The lowest BCUT2D eigenvalue weighted by Crippen LogP contribution is -2.49. The summed E-state index contributed by atoms with van der Waals surface area (Å²) < 4.78 is 32.6. The first-order chi connectivity index (χ1) is 13.3. The molecule has 1 aliphatic carbocycles. The number of carbonyl (C=O) groups excluding carboxylic acids is 1. The van der Waals surface area contributed by atoms with Crippen LogP contribution in [0.5, 0.6) is 5.75 Å². The minimum Gasteiger partial charge on any atom is -0.495 e. The number of methoxy groups -OCH3 is 1. The lowest BCUT2D eigenvalue weighted by Gasteiger charge is -2.34. The first-order valence-electron chi connectivity index (χ1n) is 9.97. The zero-order chi connectivity index (χ0) is 20.3. The topological polar surface area (TPSA) is 75.7 Å². The van der Waals surface area contributed by atoms with Crippen LogP contribution in [0.2, 0.25) is 5.02 Å². The molecule has 0 spiro atoms. The van der Waals surface area contributed by atoms with Crippen molar-refractivity contribution in [2.24, 2.45) is 11.8 Å². The molecule has 3 atom stereocenters. The molecule has 0 aromatic heterocycles. The van der Waals surface area contributed by atoms with E-state index >= 15 is 0 Å². The van der Waals surface area contributed by atoms with Crippen LogP contribution in [0.1, 0.15) is 45.4 Å². The lowest BCUT2D eigenvalue weighted by atomic mass is 9.85. The largest absolute Gasteiger partial charge is 0.495 e. The van der Waals surface area contributed by atoms with E-state index in [0.717, 1.165) is 19.3 Å². The molecule has 1 saturated heterocycles. The van der Waals surface area contributed by atoms with Crippen LogP contribution in [0.25, 0.3) is 0 Å². The maximum atomic E-state index is 13.0. The van der Waals surface area contributed by atoms with Crippen LogP contribution in [0.4, 0.5) is 0 Å². The molecule has 1 aromatic carbocycles. The normalized spacial score (nSPS) is 26.6. The number of sulfonamides is 1. The molecule has 1 saturated carbocycles. The number of rotatable bonds is 5. The highest BCUT2D eigenvalue weighted by Gasteiger charge is 2.35. The number of nitrogens with zero attached hydrogens (tertiary/aromatic N) is 1. The van der Waals surface area contributed by atoms with Gasteiger partial charge in [0.25, 0.3) is 0 Å². The fourth-order valence-electron chi connectivity index (χ4n) is 4.16. The number of halogens is 1. The molecule has 2 aliphatic rings. The van der Waals surface area contributed by atoms with Gasteiger partial charge in [-0.05, 0) is 49.8 Å². The highest BCUT2D eigenvalue weighted by molar-refractivity contribution is 7.89. The second-order valence-corrected chi connectivity index (χ2v) is 10.2. The zero-order valence-electron chi connectivity index (χ0n) is 16.5. The third-order valence-corrected chi connectivity index (χ3v) is 8.11. The third kappa shape index (κ3) is 4.63. The number of carbonyl (C=O) groups is 1. The van der Waals surface area contributed by atoms with Crippen molar-refractivity contribution < 1.29 is 17.9 Å². The predicted octanol–water partition coefficient (Wildman–Crippen LogP) is 3.44. The van der Waals surface area contributed by atoms with Gasteiger partial charge in [-0.1, -0.05) is 31.4 Å². The number of hydrogen-bond acceptors (Lipinski definition) is 4. The van der Waals surface area contributed by atoms with E-state index in [2.05, 4.69) is 12.2 Å². The van der Waals surface area contributed by atoms with E-state index in [0.29, 0.717) is 31.1 Å². The minimum absolute atomic E-state index is 0.0218. The number of hydrogen-bond donors (Lipinski definition) is 1. The molecule has 1 aromatic rings. The molecule has 1 aliphatic heterocycles. The molecule has 0 bridgehead atoms. The summed E-state index contributed by atoms with van der Waals surface area (Å²) in [6.07, 6.45) is 5.87. The van der Waals surface area contributed by atoms with Crippen LogP contribution in [0, 0.1) is 11.8 Å². The highest BCUT2D eigenvalue weighted by Crippen LogP contribution is 2.30. The Hall–Kier alpha value is -1.31. The summed E-state index contributed by atoms with van der Waals surface area (Å²) in [7, 11) is -2.22. The maximum absolute atomic E-state index is 13.0. The van der Waals surface area contributed by atoms with Crippen molar-refractivity contribution in [3.05, 3.63) is 23.2 Å². The van der Waals surface area contributed by atoms with Gasteiger partial charge in [0.1, 0.15) is 5.75 Å². The van der Waals surface area contributed by atoms with E-state index in [1.165, 1.54) is 30.0 Å². The van der Waals surface area contributed by atoms with E-state index in [1.807, 2.05) is 0 Å². The first kappa shape index (κ1) is 21.4. The van der Waals surface area contributed by atoms with Gasteiger partial charge >= 0.3 is 0 Å². The van der Waals surface area contributed by atoms with Gasteiger partial charge in [-0.15, -0.1) is 0 Å². The van der Waals surface area contributed by atoms with Crippen molar-refractivity contribution >= 4 is 27.5 Å². The molecule has 156 valence electrons. The molecular weight excluding hydrogens is 400 g/mol. The molecule has 3 rings (SSSR count). The number of piperidine rings is 1. The number of nitrogens with one attached hydrogen (secondary N) is 1. The van der Waals surface area contributed by atoms with Crippen LogP contribution in [0.3, 0.4) is 0 Å².